The van der Waals surface area contributed by atoms with Crippen LogP contribution in [0.25, 0.3) is 0 Å². The lowest BCUT2D eigenvalue weighted by Crippen LogP contribution is -1.95. The lowest BCUT2D eigenvalue weighted by Gasteiger charge is -2.08. The highest BCUT2D eigenvalue weighted by Crippen LogP contribution is 2.28. The molecule has 0 radical (unpaired) electrons. The van der Waals surface area contributed by atoms with Crippen molar-refractivity contribution in [3.05, 3.63) is 52.7 Å². The van der Waals surface area contributed by atoms with E-state index in [1.807, 2.05) is 24.3 Å². The molecule has 0 aliphatic rings. The molecule has 3 nitrogen and oxygen atoms in total. The molecule has 5 heteroatoms. The highest BCUT2D eigenvalue weighted by Gasteiger charge is 2.06. The molecule has 2 aromatic rings. The third-order valence-corrected chi connectivity index (χ3v) is 3.33. The van der Waals surface area contributed by atoms with E-state index in [-0.39, 0.29) is 0 Å². The first-order valence-corrected chi connectivity index (χ1v) is 7.10. The molecule has 0 amide bonds. The van der Waals surface area contributed by atoms with Gasteiger partial charge in [0.1, 0.15) is 10.8 Å². The van der Waals surface area contributed by atoms with Crippen LogP contribution in [0.3, 0.4) is 0 Å². The predicted molar refractivity (Wildman–Crippen MR) is 80.9 cm³/mol. The maximum absolute atomic E-state index is 6.10. The van der Waals surface area contributed by atoms with Gasteiger partial charge in [0.05, 0.1) is 6.61 Å². The van der Waals surface area contributed by atoms with E-state index in [0.717, 1.165) is 12.0 Å². The number of nitrogens with zero attached hydrogens (tertiary/aromatic N) is 1. The number of alkyl halides is 1. The average Bonchev–Trinajstić information content (AvgIpc) is 2.48. The first-order chi connectivity index (χ1) is 9.72. The second-order valence-corrected chi connectivity index (χ2v) is 4.93. The van der Waals surface area contributed by atoms with Crippen molar-refractivity contribution in [2.45, 2.75) is 12.3 Å². The summed E-state index contributed by atoms with van der Waals surface area (Å²) in [5.74, 6) is 1.45. The summed E-state index contributed by atoms with van der Waals surface area (Å²) < 4.78 is 10.7. The number of pyridine rings is 1. The summed E-state index contributed by atoms with van der Waals surface area (Å²) >= 11 is 11.8. The number of benzene rings is 1. The van der Waals surface area contributed by atoms with Gasteiger partial charge in [0.2, 0.25) is 5.88 Å². The Hall–Kier alpha value is -1.29. The summed E-state index contributed by atoms with van der Waals surface area (Å²) in [7, 11) is 1.69. The lowest BCUT2D eigenvalue weighted by atomic mass is 10.1. The van der Waals surface area contributed by atoms with Crippen molar-refractivity contribution in [3.63, 3.8) is 0 Å². The molecule has 0 aliphatic carbocycles. The maximum Gasteiger partial charge on any atom is 0.238 e. The van der Waals surface area contributed by atoms with Crippen molar-refractivity contribution >= 4 is 23.2 Å². The molecule has 0 aliphatic heterocycles. The molecule has 1 aromatic carbocycles. The fraction of sp³-hybridized carbons (Fsp3) is 0.267. The molecule has 0 atom stereocenters. The molecular weight excluding hydrogens is 297 g/mol. The van der Waals surface area contributed by atoms with E-state index in [0.29, 0.717) is 29.1 Å². The molecule has 1 heterocycles. The number of aromatic nitrogens is 1. The number of methoxy groups -OCH3 is 1. The van der Waals surface area contributed by atoms with E-state index in [4.69, 9.17) is 32.7 Å². The predicted octanol–water partition coefficient (Wildman–Crippen LogP) is 4.46. The minimum atomic E-state index is 0.376. The molecule has 0 bridgehead atoms. The van der Waals surface area contributed by atoms with Crippen LogP contribution in [0.5, 0.6) is 11.6 Å². The number of ether oxygens (including phenoxy) is 2. The monoisotopic (exact) mass is 311 g/mol. The van der Waals surface area contributed by atoms with Crippen molar-refractivity contribution in [1.29, 1.82) is 0 Å². The van der Waals surface area contributed by atoms with Gasteiger partial charge in [0.25, 0.3) is 0 Å². The quantitative estimate of drug-likeness (QED) is 0.738. The first kappa shape index (κ1) is 15.1. The van der Waals surface area contributed by atoms with Gasteiger partial charge in [-0.25, -0.2) is 4.98 Å². The number of hydrogen-bond donors (Lipinski definition) is 0. The van der Waals surface area contributed by atoms with Crippen molar-refractivity contribution in [2.24, 2.45) is 0 Å². The molecule has 20 heavy (non-hydrogen) atoms. The summed E-state index contributed by atoms with van der Waals surface area (Å²) in [6, 6.07) is 9.52. The van der Waals surface area contributed by atoms with E-state index in [1.165, 1.54) is 5.56 Å². The summed E-state index contributed by atoms with van der Waals surface area (Å²) in [5, 5.41) is 0.451. The number of rotatable bonds is 6. The van der Waals surface area contributed by atoms with Crippen LogP contribution in [0, 0.1) is 0 Å². The Labute approximate surface area is 128 Å². The first-order valence-electron chi connectivity index (χ1n) is 6.19. The molecular formula is C15H15Cl2NO2. The van der Waals surface area contributed by atoms with Gasteiger partial charge in [-0.3, -0.25) is 0 Å². The molecule has 0 saturated carbocycles. The van der Waals surface area contributed by atoms with Gasteiger partial charge in [-0.15, -0.1) is 11.6 Å². The van der Waals surface area contributed by atoms with E-state index >= 15 is 0 Å². The second kappa shape index (κ2) is 7.48. The normalized spacial score (nSPS) is 10.6. The molecule has 0 saturated heterocycles. The molecule has 0 unspecified atom stereocenters. The van der Waals surface area contributed by atoms with Crippen LogP contribution in [0.1, 0.15) is 11.1 Å². The molecule has 0 spiro atoms. The molecule has 0 N–H and O–H groups in total. The molecule has 1 aromatic heterocycles. The van der Waals surface area contributed by atoms with Gasteiger partial charge in [0.15, 0.2) is 0 Å². The van der Waals surface area contributed by atoms with Gasteiger partial charge in [0, 0.05) is 19.2 Å². The SMILES string of the molecule is COCCc1ccc(Oc2ncc(CCl)cc2Cl)cc1. The van der Waals surface area contributed by atoms with Gasteiger partial charge in [-0.1, -0.05) is 23.7 Å². The zero-order valence-electron chi connectivity index (χ0n) is 11.1. The zero-order chi connectivity index (χ0) is 14.4. The summed E-state index contributed by atoms with van der Waals surface area (Å²) in [5.41, 5.74) is 2.05. The van der Waals surface area contributed by atoms with Gasteiger partial charge in [-0.2, -0.15) is 0 Å². The average molecular weight is 312 g/mol. The highest BCUT2D eigenvalue weighted by atomic mass is 35.5. The van der Waals surface area contributed by atoms with Crippen LogP contribution in [0.2, 0.25) is 5.02 Å². The summed E-state index contributed by atoms with van der Waals surface area (Å²) in [4.78, 5) is 4.16. The fourth-order valence-electron chi connectivity index (χ4n) is 1.67. The van der Waals surface area contributed by atoms with Crippen LogP contribution in [-0.2, 0) is 17.0 Å². The van der Waals surface area contributed by atoms with Crippen molar-refractivity contribution < 1.29 is 9.47 Å². The van der Waals surface area contributed by atoms with E-state index in [2.05, 4.69) is 4.98 Å². The molecule has 0 fully saturated rings. The minimum Gasteiger partial charge on any atom is -0.438 e. The highest BCUT2D eigenvalue weighted by molar-refractivity contribution is 6.32. The smallest absolute Gasteiger partial charge is 0.238 e. The van der Waals surface area contributed by atoms with Crippen molar-refractivity contribution in [2.75, 3.05) is 13.7 Å². The molecule has 106 valence electrons. The van der Waals surface area contributed by atoms with Crippen LogP contribution in [-0.4, -0.2) is 18.7 Å². The van der Waals surface area contributed by atoms with Crippen LogP contribution < -0.4 is 4.74 Å². The maximum atomic E-state index is 6.10. The zero-order valence-corrected chi connectivity index (χ0v) is 12.6. The minimum absolute atomic E-state index is 0.376. The van der Waals surface area contributed by atoms with Crippen LogP contribution >= 0.6 is 23.2 Å². The topological polar surface area (TPSA) is 31.4 Å². The molecule has 2 rings (SSSR count). The summed E-state index contributed by atoms with van der Waals surface area (Å²) in [6.07, 6.45) is 2.53. The van der Waals surface area contributed by atoms with Crippen LogP contribution in [0.4, 0.5) is 0 Å². The van der Waals surface area contributed by atoms with E-state index in [1.54, 1.807) is 19.4 Å². The Morgan fingerprint density at radius 3 is 2.50 bits per heavy atom. The fourth-order valence-corrected chi connectivity index (χ4v) is 2.04. The van der Waals surface area contributed by atoms with E-state index < -0.39 is 0 Å². The van der Waals surface area contributed by atoms with Crippen molar-refractivity contribution in [3.8, 4) is 11.6 Å². The lowest BCUT2D eigenvalue weighted by molar-refractivity contribution is 0.202. The Bertz CT molecular complexity index is 558. The van der Waals surface area contributed by atoms with Gasteiger partial charge < -0.3 is 9.47 Å². The van der Waals surface area contributed by atoms with Gasteiger partial charge in [-0.05, 0) is 35.7 Å². The Kier molecular flexibility index (Phi) is 5.65. The van der Waals surface area contributed by atoms with Crippen molar-refractivity contribution in [1.82, 2.24) is 4.98 Å². The van der Waals surface area contributed by atoms with Crippen LogP contribution in [0.15, 0.2) is 36.5 Å². The van der Waals surface area contributed by atoms with Gasteiger partial charge >= 0.3 is 0 Å². The third kappa shape index (κ3) is 4.10. The second-order valence-electron chi connectivity index (χ2n) is 4.25. The Morgan fingerprint density at radius 1 is 1.15 bits per heavy atom. The number of hydrogen-bond acceptors (Lipinski definition) is 3. The van der Waals surface area contributed by atoms with E-state index in [9.17, 15) is 0 Å². The third-order valence-electron chi connectivity index (χ3n) is 2.75. The summed E-state index contributed by atoms with van der Waals surface area (Å²) in [6.45, 7) is 0.702. The largest absolute Gasteiger partial charge is 0.438 e. The standard InChI is InChI=1S/C15H15Cl2NO2/c1-19-7-6-11-2-4-13(5-3-11)20-15-14(17)8-12(9-16)10-18-15/h2-5,8,10H,6-7,9H2,1H3. The Balaban J connectivity index is 2.06. The number of halogens is 2. The Morgan fingerprint density at radius 2 is 1.90 bits per heavy atom.